The van der Waals surface area contributed by atoms with Crippen LogP contribution in [0.3, 0.4) is 0 Å². The monoisotopic (exact) mass is 261 g/mol. The van der Waals surface area contributed by atoms with Crippen LogP contribution in [0.1, 0.15) is 51.6 Å². The molecule has 2 rings (SSSR count). The van der Waals surface area contributed by atoms with Crippen molar-refractivity contribution in [1.29, 1.82) is 0 Å². The first-order chi connectivity index (χ1) is 9.11. The van der Waals surface area contributed by atoms with Crippen LogP contribution in [0.25, 0.3) is 0 Å². The first-order valence-corrected chi connectivity index (χ1v) is 7.51. The van der Waals surface area contributed by atoms with Crippen molar-refractivity contribution in [2.75, 3.05) is 12.3 Å². The van der Waals surface area contributed by atoms with Crippen molar-refractivity contribution in [3.05, 3.63) is 24.0 Å². The summed E-state index contributed by atoms with van der Waals surface area (Å²) in [6, 6.07) is 3.81. The maximum atomic E-state index is 5.93. The lowest BCUT2D eigenvalue weighted by Gasteiger charge is -2.31. The van der Waals surface area contributed by atoms with Crippen molar-refractivity contribution in [2.45, 2.75) is 52.5 Å². The Morgan fingerprint density at radius 3 is 2.74 bits per heavy atom. The molecule has 0 atom stereocenters. The summed E-state index contributed by atoms with van der Waals surface area (Å²) in [5.74, 6) is 0.778. The Balaban J connectivity index is 1.88. The van der Waals surface area contributed by atoms with Crippen LogP contribution in [0.4, 0.5) is 5.69 Å². The zero-order valence-corrected chi connectivity index (χ0v) is 12.3. The third-order valence-electron chi connectivity index (χ3n) is 4.22. The number of anilines is 1. The minimum atomic E-state index is 0.512. The van der Waals surface area contributed by atoms with Crippen LogP contribution in [0.5, 0.6) is 0 Å². The van der Waals surface area contributed by atoms with Crippen molar-refractivity contribution in [3.63, 3.8) is 0 Å². The van der Waals surface area contributed by atoms with Gasteiger partial charge in [-0.25, -0.2) is 0 Å². The van der Waals surface area contributed by atoms with E-state index in [1.807, 2.05) is 18.3 Å². The van der Waals surface area contributed by atoms with Gasteiger partial charge in [0.25, 0.3) is 0 Å². The van der Waals surface area contributed by atoms with Gasteiger partial charge in [0.05, 0.1) is 11.4 Å². The minimum Gasteiger partial charge on any atom is -0.397 e. The fourth-order valence-electron chi connectivity index (χ4n) is 3.49. The van der Waals surface area contributed by atoms with E-state index in [2.05, 4.69) is 24.1 Å². The largest absolute Gasteiger partial charge is 0.397 e. The molecule has 0 radical (unpaired) electrons. The number of pyridine rings is 1. The molecule has 0 spiro atoms. The summed E-state index contributed by atoms with van der Waals surface area (Å²) in [4.78, 5) is 4.34. The van der Waals surface area contributed by atoms with Gasteiger partial charge in [-0.3, -0.25) is 4.98 Å². The highest BCUT2D eigenvalue weighted by molar-refractivity contribution is 5.41. The number of nitrogen functional groups attached to an aromatic ring is 1. The average Bonchev–Trinajstić information content (AvgIpc) is 2.79. The highest BCUT2D eigenvalue weighted by atomic mass is 14.9. The number of nitrogens with two attached hydrogens (primary N) is 1. The summed E-state index contributed by atoms with van der Waals surface area (Å²) in [5, 5.41) is 3.59. The van der Waals surface area contributed by atoms with Crippen molar-refractivity contribution in [2.24, 2.45) is 11.3 Å². The molecule has 19 heavy (non-hydrogen) atoms. The second kappa shape index (κ2) is 6.38. The molecule has 3 heteroatoms. The molecule has 0 bridgehead atoms. The summed E-state index contributed by atoms with van der Waals surface area (Å²) in [5.41, 5.74) is 8.20. The molecule has 0 unspecified atom stereocenters. The molecule has 1 aliphatic carbocycles. The highest BCUT2D eigenvalue weighted by Gasteiger charge is 2.33. The van der Waals surface area contributed by atoms with Crippen molar-refractivity contribution >= 4 is 5.69 Å². The van der Waals surface area contributed by atoms with Crippen LogP contribution in [0, 0.1) is 11.3 Å². The summed E-state index contributed by atoms with van der Waals surface area (Å²) in [6.07, 6.45) is 8.66. The number of hydrogen-bond acceptors (Lipinski definition) is 3. The Bertz CT molecular complexity index is 395. The third-order valence-corrected chi connectivity index (χ3v) is 4.22. The first kappa shape index (κ1) is 14.3. The maximum Gasteiger partial charge on any atom is 0.0770 e. The minimum absolute atomic E-state index is 0.512. The summed E-state index contributed by atoms with van der Waals surface area (Å²) < 4.78 is 0. The molecule has 1 aliphatic rings. The second-order valence-electron chi connectivity index (χ2n) is 6.45. The molecule has 1 aromatic rings. The van der Waals surface area contributed by atoms with Crippen LogP contribution in [-0.2, 0) is 6.54 Å². The molecule has 1 aromatic heterocycles. The lowest BCUT2D eigenvalue weighted by molar-refractivity contribution is 0.223. The molecule has 3 nitrogen and oxygen atoms in total. The predicted molar refractivity (Wildman–Crippen MR) is 80.7 cm³/mol. The topological polar surface area (TPSA) is 50.9 Å². The highest BCUT2D eigenvalue weighted by Crippen LogP contribution is 2.42. The predicted octanol–water partition coefficient (Wildman–Crippen LogP) is 3.36. The van der Waals surface area contributed by atoms with E-state index in [4.69, 9.17) is 5.73 Å². The van der Waals surface area contributed by atoms with Gasteiger partial charge in [0, 0.05) is 19.3 Å². The standard InChI is InChI=1S/C16H27N3/c1-13(2)10-16(7-3-4-8-16)12-18-11-15-14(17)6-5-9-19-15/h5-6,9,13,18H,3-4,7-8,10-12,17H2,1-2H3. The Morgan fingerprint density at radius 1 is 1.37 bits per heavy atom. The zero-order chi connectivity index (χ0) is 13.7. The SMILES string of the molecule is CC(C)CC1(CNCc2ncccc2N)CCCC1. The normalized spacial score (nSPS) is 18.1. The van der Waals surface area contributed by atoms with Gasteiger partial charge in [-0.05, 0) is 42.7 Å². The molecular formula is C16H27N3. The van der Waals surface area contributed by atoms with E-state index >= 15 is 0 Å². The lowest BCUT2D eigenvalue weighted by atomic mass is 9.78. The fourth-order valence-corrected chi connectivity index (χ4v) is 3.49. The van der Waals surface area contributed by atoms with E-state index in [1.54, 1.807) is 0 Å². The number of hydrogen-bond donors (Lipinski definition) is 2. The van der Waals surface area contributed by atoms with Gasteiger partial charge >= 0.3 is 0 Å². The van der Waals surface area contributed by atoms with Crippen LogP contribution in [0.15, 0.2) is 18.3 Å². The zero-order valence-electron chi connectivity index (χ0n) is 12.3. The molecular weight excluding hydrogens is 234 g/mol. The Kier molecular flexibility index (Phi) is 4.81. The van der Waals surface area contributed by atoms with Gasteiger partial charge in [0.2, 0.25) is 0 Å². The fraction of sp³-hybridized carbons (Fsp3) is 0.688. The average molecular weight is 261 g/mol. The number of nitrogens with one attached hydrogen (secondary N) is 1. The quantitative estimate of drug-likeness (QED) is 0.825. The number of aromatic nitrogens is 1. The molecule has 106 valence electrons. The van der Waals surface area contributed by atoms with Crippen LogP contribution in [0.2, 0.25) is 0 Å². The third kappa shape index (κ3) is 3.93. The summed E-state index contributed by atoms with van der Waals surface area (Å²) >= 11 is 0. The molecule has 1 saturated carbocycles. The van der Waals surface area contributed by atoms with Crippen LogP contribution < -0.4 is 11.1 Å². The Hall–Kier alpha value is -1.09. The molecule has 1 fully saturated rings. The summed E-state index contributed by atoms with van der Waals surface area (Å²) in [7, 11) is 0. The van der Waals surface area contributed by atoms with E-state index in [1.165, 1.54) is 32.1 Å². The summed E-state index contributed by atoms with van der Waals surface area (Å²) in [6.45, 7) is 6.54. The molecule has 0 amide bonds. The van der Waals surface area contributed by atoms with Gasteiger partial charge in [-0.1, -0.05) is 26.7 Å². The maximum absolute atomic E-state index is 5.93. The lowest BCUT2D eigenvalue weighted by Crippen LogP contribution is -2.33. The van der Waals surface area contributed by atoms with Gasteiger partial charge < -0.3 is 11.1 Å². The van der Waals surface area contributed by atoms with Crippen LogP contribution in [-0.4, -0.2) is 11.5 Å². The van der Waals surface area contributed by atoms with E-state index < -0.39 is 0 Å². The molecule has 3 N–H and O–H groups in total. The van der Waals surface area contributed by atoms with Gasteiger partial charge in [-0.2, -0.15) is 0 Å². The van der Waals surface area contributed by atoms with E-state index in [9.17, 15) is 0 Å². The van der Waals surface area contributed by atoms with E-state index in [0.717, 1.165) is 30.4 Å². The first-order valence-electron chi connectivity index (χ1n) is 7.51. The van der Waals surface area contributed by atoms with Gasteiger partial charge in [0.15, 0.2) is 0 Å². The Morgan fingerprint density at radius 2 is 2.11 bits per heavy atom. The molecule has 1 heterocycles. The van der Waals surface area contributed by atoms with Crippen molar-refractivity contribution < 1.29 is 0 Å². The van der Waals surface area contributed by atoms with E-state index in [0.29, 0.717) is 5.41 Å². The smallest absolute Gasteiger partial charge is 0.0770 e. The molecule has 0 saturated heterocycles. The van der Waals surface area contributed by atoms with Gasteiger partial charge in [0.1, 0.15) is 0 Å². The number of rotatable bonds is 6. The van der Waals surface area contributed by atoms with E-state index in [-0.39, 0.29) is 0 Å². The molecule has 0 aromatic carbocycles. The number of nitrogens with zero attached hydrogens (tertiary/aromatic N) is 1. The second-order valence-corrected chi connectivity index (χ2v) is 6.45. The van der Waals surface area contributed by atoms with Gasteiger partial charge in [-0.15, -0.1) is 0 Å². The van der Waals surface area contributed by atoms with Crippen molar-refractivity contribution in [1.82, 2.24) is 10.3 Å². The van der Waals surface area contributed by atoms with Crippen LogP contribution >= 0.6 is 0 Å². The molecule has 0 aliphatic heterocycles. The van der Waals surface area contributed by atoms with Crippen molar-refractivity contribution in [3.8, 4) is 0 Å². The Labute approximate surface area is 117 Å².